The van der Waals surface area contributed by atoms with E-state index in [1.54, 1.807) is 0 Å². The summed E-state index contributed by atoms with van der Waals surface area (Å²) in [4.78, 5) is 8.59. The minimum absolute atomic E-state index is 0.380. The summed E-state index contributed by atoms with van der Waals surface area (Å²) < 4.78 is 0. The number of carboxylic acids is 1. The quantitative estimate of drug-likeness (QED) is 0.554. The van der Waals surface area contributed by atoms with Gasteiger partial charge in [-0.3, -0.25) is 4.79 Å². The van der Waals surface area contributed by atoms with E-state index in [2.05, 4.69) is 6.58 Å². The van der Waals surface area contributed by atoms with Crippen LogP contribution in [0, 0.1) is 5.92 Å². The second kappa shape index (κ2) is 6.26. The van der Waals surface area contributed by atoms with E-state index in [1.807, 2.05) is 13.8 Å². The van der Waals surface area contributed by atoms with Gasteiger partial charge < -0.3 is 10.2 Å². The zero-order valence-electron chi connectivity index (χ0n) is 10.2. The Bertz CT molecular complexity index is 257. The maximum Gasteiger partial charge on any atom is 0.300 e. The Hall–Kier alpha value is -0.540. The molecule has 0 aliphatic heterocycles. The first kappa shape index (κ1) is 15.5. The van der Waals surface area contributed by atoms with Gasteiger partial charge in [0.1, 0.15) is 0 Å². The van der Waals surface area contributed by atoms with E-state index in [-0.39, 0.29) is 6.10 Å². The Morgan fingerprint density at radius 2 is 1.94 bits per heavy atom. The molecule has 4 heteroatoms. The van der Waals surface area contributed by atoms with E-state index in [9.17, 15) is 5.11 Å². The molecule has 3 unspecified atom stereocenters. The number of allylic oxidation sites excluding steroid dienone is 1. The molecule has 1 rings (SSSR count). The van der Waals surface area contributed by atoms with Crippen LogP contribution in [-0.2, 0) is 4.79 Å². The number of alkyl halides is 1. The summed E-state index contributed by atoms with van der Waals surface area (Å²) in [7, 11) is 0. The van der Waals surface area contributed by atoms with Crippen LogP contribution in [0.2, 0.25) is 0 Å². The van der Waals surface area contributed by atoms with Crippen molar-refractivity contribution in [2.45, 2.75) is 51.0 Å². The number of aliphatic hydroxyl groups excluding tert-OH is 1. The molecule has 2 N–H and O–H groups in total. The molecule has 0 aromatic heterocycles. The third-order valence-electron chi connectivity index (χ3n) is 2.88. The molecule has 1 aliphatic carbocycles. The van der Waals surface area contributed by atoms with Crippen molar-refractivity contribution in [3.8, 4) is 0 Å². The maximum atomic E-state index is 9.68. The molecule has 0 aromatic rings. The van der Waals surface area contributed by atoms with Gasteiger partial charge in [-0.05, 0) is 39.0 Å². The standard InChI is InChI=1S/C10H17ClO.C2H4O2/c1-7(2)8-4-5-10(3,11)9(12)6-8;1-2(3)4/h8-9,12H,1,4-6H2,2-3H3;1H3,(H,3,4). The summed E-state index contributed by atoms with van der Waals surface area (Å²) in [5.41, 5.74) is 1.17. The molecule has 3 nitrogen and oxygen atoms in total. The zero-order chi connectivity index (χ0) is 12.9. The lowest BCUT2D eigenvalue weighted by atomic mass is 9.77. The molecule has 94 valence electrons. The van der Waals surface area contributed by atoms with Gasteiger partial charge in [0.05, 0.1) is 11.0 Å². The average Bonchev–Trinajstić information content (AvgIpc) is 2.08. The van der Waals surface area contributed by atoms with Crippen LogP contribution >= 0.6 is 11.6 Å². The predicted octanol–water partition coefficient (Wildman–Crippen LogP) is 2.81. The van der Waals surface area contributed by atoms with Crippen molar-refractivity contribution < 1.29 is 15.0 Å². The van der Waals surface area contributed by atoms with Crippen LogP contribution in [0.3, 0.4) is 0 Å². The topological polar surface area (TPSA) is 57.5 Å². The normalized spacial score (nSPS) is 33.6. The summed E-state index contributed by atoms with van der Waals surface area (Å²) in [6, 6.07) is 0. The third kappa shape index (κ3) is 5.52. The van der Waals surface area contributed by atoms with Crippen LogP contribution in [0.25, 0.3) is 0 Å². The molecular weight excluding hydrogens is 228 g/mol. The molecule has 0 heterocycles. The van der Waals surface area contributed by atoms with Crippen molar-refractivity contribution >= 4 is 17.6 Å². The molecule has 16 heavy (non-hydrogen) atoms. The molecule has 0 bridgehead atoms. The first-order valence-electron chi connectivity index (χ1n) is 5.38. The number of carbonyl (C=O) groups is 1. The summed E-state index contributed by atoms with van der Waals surface area (Å²) in [5.74, 6) is -0.369. The van der Waals surface area contributed by atoms with Crippen molar-refractivity contribution in [2.24, 2.45) is 5.92 Å². The van der Waals surface area contributed by atoms with Gasteiger partial charge in [0.2, 0.25) is 0 Å². The van der Waals surface area contributed by atoms with E-state index in [0.29, 0.717) is 5.92 Å². The van der Waals surface area contributed by atoms with Gasteiger partial charge in [-0.15, -0.1) is 11.6 Å². The summed E-state index contributed by atoms with van der Waals surface area (Å²) in [6.07, 6.45) is 2.34. The van der Waals surface area contributed by atoms with Crippen LogP contribution in [0.5, 0.6) is 0 Å². The van der Waals surface area contributed by atoms with E-state index in [0.717, 1.165) is 26.2 Å². The molecule has 0 aromatic carbocycles. The highest BCUT2D eigenvalue weighted by atomic mass is 35.5. The van der Waals surface area contributed by atoms with Crippen LogP contribution in [0.15, 0.2) is 12.2 Å². The highest BCUT2D eigenvalue weighted by molar-refractivity contribution is 6.24. The molecular formula is C12H21ClO3. The molecule has 1 fully saturated rings. The number of rotatable bonds is 1. The summed E-state index contributed by atoms with van der Waals surface area (Å²) in [6.45, 7) is 8.92. The van der Waals surface area contributed by atoms with Crippen molar-refractivity contribution in [1.82, 2.24) is 0 Å². The van der Waals surface area contributed by atoms with Crippen molar-refractivity contribution in [3.63, 3.8) is 0 Å². The van der Waals surface area contributed by atoms with Gasteiger partial charge >= 0.3 is 0 Å². The highest BCUT2D eigenvalue weighted by Crippen LogP contribution is 2.39. The maximum absolute atomic E-state index is 9.68. The van der Waals surface area contributed by atoms with Crippen LogP contribution in [0.4, 0.5) is 0 Å². The molecule has 0 radical (unpaired) electrons. The van der Waals surface area contributed by atoms with Gasteiger partial charge in [-0.2, -0.15) is 0 Å². The molecule has 0 saturated heterocycles. The monoisotopic (exact) mass is 248 g/mol. The van der Waals surface area contributed by atoms with E-state index < -0.39 is 10.8 Å². The van der Waals surface area contributed by atoms with Crippen LogP contribution in [-0.4, -0.2) is 27.2 Å². The highest BCUT2D eigenvalue weighted by Gasteiger charge is 2.37. The smallest absolute Gasteiger partial charge is 0.300 e. The largest absolute Gasteiger partial charge is 0.481 e. The Morgan fingerprint density at radius 1 is 1.50 bits per heavy atom. The Balaban J connectivity index is 0.000000487. The van der Waals surface area contributed by atoms with Crippen molar-refractivity contribution in [2.75, 3.05) is 0 Å². The van der Waals surface area contributed by atoms with Crippen molar-refractivity contribution in [3.05, 3.63) is 12.2 Å². The minimum atomic E-state index is -0.833. The number of carboxylic acid groups (broad SMARTS) is 1. The first-order valence-corrected chi connectivity index (χ1v) is 5.76. The number of hydrogen-bond acceptors (Lipinski definition) is 2. The average molecular weight is 249 g/mol. The Labute approximate surface area is 102 Å². The predicted molar refractivity (Wildman–Crippen MR) is 65.7 cm³/mol. The summed E-state index contributed by atoms with van der Waals surface area (Å²) >= 11 is 6.11. The van der Waals surface area contributed by atoms with Crippen molar-refractivity contribution in [1.29, 1.82) is 0 Å². The fourth-order valence-electron chi connectivity index (χ4n) is 1.70. The second-order valence-electron chi connectivity index (χ2n) is 4.63. The number of halogens is 1. The second-order valence-corrected chi connectivity index (χ2v) is 5.49. The first-order chi connectivity index (χ1) is 7.16. The van der Waals surface area contributed by atoms with Crippen LogP contribution < -0.4 is 0 Å². The van der Waals surface area contributed by atoms with Gasteiger partial charge in [-0.1, -0.05) is 12.2 Å². The number of hydrogen-bond donors (Lipinski definition) is 2. The van der Waals surface area contributed by atoms with Gasteiger partial charge in [0.15, 0.2) is 0 Å². The van der Waals surface area contributed by atoms with Gasteiger partial charge in [-0.25, -0.2) is 0 Å². The Morgan fingerprint density at radius 3 is 2.25 bits per heavy atom. The zero-order valence-corrected chi connectivity index (χ0v) is 10.9. The molecule has 1 aliphatic rings. The van der Waals surface area contributed by atoms with E-state index in [4.69, 9.17) is 21.5 Å². The van der Waals surface area contributed by atoms with E-state index >= 15 is 0 Å². The lowest BCUT2D eigenvalue weighted by molar-refractivity contribution is -0.134. The lowest BCUT2D eigenvalue weighted by Crippen LogP contribution is -2.40. The molecule has 0 spiro atoms. The SMILES string of the molecule is C=C(C)C1CCC(C)(Cl)C(O)C1.CC(=O)O. The number of aliphatic hydroxyl groups is 1. The lowest BCUT2D eigenvalue weighted by Gasteiger charge is -2.37. The molecule has 0 amide bonds. The minimum Gasteiger partial charge on any atom is -0.481 e. The molecule has 3 atom stereocenters. The van der Waals surface area contributed by atoms with Gasteiger partial charge in [0, 0.05) is 6.92 Å². The van der Waals surface area contributed by atoms with Gasteiger partial charge in [0.25, 0.3) is 5.97 Å². The molecule has 1 saturated carbocycles. The third-order valence-corrected chi connectivity index (χ3v) is 3.32. The summed E-state index contributed by atoms with van der Waals surface area (Å²) in [5, 5.41) is 17.1. The fraction of sp³-hybridized carbons (Fsp3) is 0.750. The fourth-order valence-corrected chi connectivity index (χ4v) is 1.90. The Kier molecular flexibility index (Phi) is 6.05. The van der Waals surface area contributed by atoms with Crippen LogP contribution in [0.1, 0.15) is 40.0 Å². The number of aliphatic carboxylic acids is 1. The van der Waals surface area contributed by atoms with E-state index in [1.165, 1.54) is 5.57 Å².